The number of rotatable bonds is 6. The van der Waals surface area contributed by atoms with E-state index in [0.717, 1.165) is 13.0 Å². The van der Waals surface area contributed by atoms with Crippen LogP contribution in [0.5, 0.6) is 0 Å². The lowest BCUT2D eigenvalue weighted by Crippen LogP contribution is -2.51. The fraction of sp³-hybridized carbons (Fsp3) is 0.647. The van der Waals surface area contributed by atoms with Crippen molar-refractivity contribution in [2.24, 2.45) is 0 Å². The summed E-state index contributed by atoms with van der Waals surface area (Å²) in [5.74, 6) is 0. The largest absolute Gasteiger partial charge is 0.374 e. The lowest BCUT2D eigenvalue weighted by Gasteiger charge is -2.37. The van der Waals surface area contributed by atoms with Crippen LogP contribution in [0.4, 0.5) is 0 Å². The van der Waals surface area contributed by atoms with E-state index in [0.29, 0.717) is 6.04 Å². The summed E-state index contributed by atoms with van der Waals surface area (Å²) in [4.78, 5) is 0. The van der Waals surface area contributed by atoms with Crippen LogP contribution in [0.3, 0.4) is 0 Å². The molecular formula is C17H27NO. The van der Waals surface area contributed by atoms with Crippen molar-refractivity contribution < 1.29 is 4.74 Å². The molecule has 2 heteroatoms. The standard InChI is InChI=1S/C17H27NO/c1-4-19-17(11-5-6-12-17)16(18-3)13-15-9-7-14(2)8-10-15/h7-10,16,18H,4-6,11-13H2,1-3H3. The summed E-state index contributed by atoms with van der Waals surface area (Å²) in [5.41, 5.74) is 2.77. The molecule has 0 radical (unpaired) electrons. The molecule has 1 aliphatic rings. The fourth-order valence-corrected chi connectivity index (χ4v) is 3.37. The molecule has 0 saturated heterocycles. The minimum atomic E-state index is 0.0500. The monoisotopic (exact) mass is 261 g/mol. The van der Waals surface area contributed by atoms with Gasteiger partial charge in [0.25, 0.3) is 0 Å². The molecule has 0 aliphatic heterocycles. The van der Waals surface area contributed by atoms with Crippen molar-refractivity contribution in [3.8, 4) is 0 Å². The Morgan fingerprint density at radius 1 is 1.21 bits per heavy atom. The Labute approximate surface area is 117 Å². The maximum atomic E-state index is 6.18. The number of benzene rings is 1. The summed E-state index contributed by atoms with van der Waals surface area (Å²) < 4.78 is 6.18. The number of ether oxygens (including phenoxy) is 1. The Morgan fingerprint density at radius 3 is 2.37 bits per heavy atom. The van der Waals surface area contributed by atoms with Crippen LogP contribution in [0.1, 0.15) is 43.7 Å². The highest BCUT2D eigenvalue weighted by Crippen LogP contribution is 2.37. The first kappa shape index (κ1) is 14.5. The fourth-order valence-electron chi connectivity index (χ4n) is 3.37. The lowest BCUT2D eigenvalue weighted by molar-refractivity contribution is -0.0597. The molecule has 0 spiro atoms. The topological polar surface area (TPSA) is 21.3 Å². The first-order valence-electron chi connectivity index (χ1n) is 7.57. The number of hydrogen-bond acceptors (Lipinski definition) is 2. The van der Waals surface area contributed by atoms with Gasteiger partial charge in [0.15, 0.2) is 0 Å². The van der Waals surface area contributed by atoms with Gasteiger partial charge < -0.3 is 10.1 Å². The SMILES string of the molecule is CCOC1(C(Cc2ccc(C)cc2)NC)CCCC1. The first-order valence-corrected chi connectivity index (χ1v) is 7.57. The van der Waals surface area contributed by atoms with Gasteiger partial charge in [-0.2, -0.15) is 0 Å². The van der Waals surface area contributed by atoms with Crippen molar-refractivity contribution in [2.75, 3.05) is 13.7 Å². The van der Waals surface area contributed by atoms with E-state index in [9.17, 15) is 0 Å². The second-order valence-corrected chi connectivity index (χ2v) is 5.74. The highest BCUT2D eigenvalue weighted by Gasteiger charge is 2.41. The highest BCUT2D eigenvalue weighted by atomic mass is 16.5. The van der Waals surface area contributed by atoms with Crippen molar-refractivity contribution in [1.82, 2.24) is 5.32 Å². The molecule has 106 valence electrons. The van der Waals surface area contributed by atoms with Crippen LogP contribution in [0.15, 0.2) is 24.3 Å². The van der Waals surface area contributed by atoms with Crippen LogP contribution in [0, 0.1) is 6.92 Å². The Hall–Kier alpha value is -0.860. The van der Waals surface area contributed by atoms with Crippen LogP contribution >= 0.6 is 0 Å². The predicted octanol–water partition coefficient (Wildman–Crippen LogP) is 3.47. The van der Waals surface area contributed by atoms with E-state index in [2.05, 4.69) is 50.5 Å². The van der Waals surface area contributed by atoms with Crippen molar-refractivity contribution in [1.29, 1.82) is 0 Å². The van der Waals surface area contributed by atoms with E-state index < -0.39 is 0 Å². The Balaban J connectivity index is 2.11. The maximum absolute atomic E-state index is 6.18. The third kappa shape index (κ3) is 3.37. The number of nitrogens with one attached hydrogen (secondary N) is 1. The summed E-state index contributed by atoms with van der Waals surface area (Å²) in [5, 5.41) is 3.51. The maximum Gasteiger partial charge on any atom is 0.0837 e. The minimum Gasteiger partial charge on any atom is -0.374 e. The van der Waals surface area contributed by atoms with Crippen LogP contribution in [0.25, 0.3) is 0 Å². The first-order chi connectivity index (χ1) is 9.20. The van der Waals surface area contributed by atoms with Crippen molar-refractivity contribution in [2.45, 2.75) is 57.6 Å². The van der Waals surface area contributed by atoms with E-state index >= 15 is 0 Å². The van der Waals surface area contributed by atoms with Gasteiger partial charge in [-0.15, -0.1) is 0 Å². The molecule has 0 amide bonds. The van der Waals surface area contributed by atoms with Crippen LogP contribution in [-0.2, 0) is 11.2 Å². The molecule has 0 heterocycles. The smallest absolute Gasteiger partial charge is 0.0837 e. The molecule has 1 unspecified atom stereocenters. The molecule has 1 N–H and O–H groups in total. The third-order valence-electron chi connectivity index (χ3n) is 4.43. The summed E-state index contributed by atoms with van der Waals surface area (Å²) in [6.07, 6.45) is 6.03. The van der Waals surface area contributed by atoms with Gasteiger partial charge >= 0.3 is 0 Å². The van der Waals surface area contributed by atoms with Crippen LogP contribution in [0.2, 0.25) is 0 Å². The van der Waals surface area contributed by atoms with E-state index in [1.54, 1.807) is 0 Å². The summed E-state index contributed by atoms with van der Waals surface area (Å²) in [7, 11) is 2.07. The quantitative estimate of drug-likeness (QED) is 0.846. The molecule has 1 saturated carbocycles. The van der Waals surface area contributed by atoms with Gasteiger partial charge in [-0.3, -0.25) is 0 Å². The van der Waals surface area contributed by atoms with E-state index in [-0.39, 0.29) is 5.60 Å². The van der Waals surface area contributed by atoms with E-state index in [1.165, 1.54) is 36.8 Å². The van der Waals surface area contributed by atoms with Gasteiger partial charge in [0.2, 0.25) is 0 Å². The molecule has 1 aromatic carbocycles. The molecule has 1 fully saturated rings. The molecule has 1 aliphatic carbocycles. The molecule has 0 aromatic heterocycles. The predicted molar refractivity (Wildman–Crippen MR) is 80.6 cm³/mol. The van der Waals surface area contributed by atoms with Crippen molar-refractivity contribution >= 4 is 0 Å². The zero-order valence-corrected chi connectivity index (χ0v) is 12.5. The second kappa shape index (κ2) is 6.53. The highest BCUT2D eigenvalue weighted by molar-refractivity contribution is 5.23. The zero-order chi connectivity index (χ0) is 13.7. The Bertz CT molecular complexity index is 379. The number of likely N-dealkylation sites (N-methyl/N-ethyl adjacent to an activating group) is 1. The second-order valence-electron chi connectivity index (χ2n) is 5.74. The van der Waals surface area contributed by atoms with E-state index in [1.807, 2.05) is 0 Å². The molecule has 1 aromatic rings. The van der Waals surface area contributed by atoms with Crippen molar-refractivity contribution in [3.63, 3.8) is 0 Å². The molecule has 19 heavy (non-hydrogen) atoms. The van der Waals surface area contributed by atoms with Gasteiger partial charge in [0.1, 0.15) is 0 Å². The van der Waals surface area contributed by atoms with Crippen molar-refractivity contribution in [3.05, 3.63) is 35.4 Å². The summed E-state index contributed by atoms with van der Waals surface area (Å²) >= 11 is 0. The summed E-state index contributed by atoms with van der Waals surface area (Å²) in [6.45, 7) is 5.06. The van der Waals surface area contributed by atoms with E-state index in [4.69, 9.17) is 4.74 Å². The van der Waals surface area contributed by atoms with Gasteiger partial charge in [-0.05, 0) is 45.7 Å². The Morgan fingerprint density at radius 2 is 1.84 bits per heavy atom. The molecule has 1 atom stereocenters. The van der Waals surface area contributed by atoms with Gasteiger partial charge in [0.05, 0.1) is 5.60 Å². The number of hydrogen-bond donors (Lipinski definition) is 1. The number of aryl methyl sites for hydroxylation is 1. The molecule has 2 rings (SSSR count). The van der Waals surface area contributed by atoms with Gasteiger partial charge in [-0.25, -0.2) is 0 Å². The summed E-state index contributed by atoms with van der Waals surface area (Å²) in [6, 6.07) is 9.30. The van der Waals surface area contributed by atoms with Gasteiger partial charge in [0, 0.05) is 12.6 Å². The zero-order valence-electron chi connectivity index (χ0n) is 12.5. The Kier molecular flexibility index (Phi) is 5.00. The molecule has 2 nitrogen and oxygen atoms in total. The van der Waals surface area contributed by atoms with Crippen LogP contribution < -0.4 is 5.32 Å². The average molecular weight is 261 g/mol. The third-order valence-corrected chi connectivity index (χ3v) is 4.43. The van der Waals surface area contributed by atoms with Crippen LogP contribution in [-0.4, -0.2) is 25.3 Å². The normalized spacial score (nSPS) is 19.5. The minimum absolute atomic E-state index is 0.0500. The molecule has 0 bridgehead atoms. The average Bonchev–Trinajstić information content (AvgIpc) is 2.88. The molecular weight excluding hydrogens is 234 g/mol. The van der Waals surface area contributed by atoms with Gasteiger partial charge in [-0.1, -0.05) is 42.7 Å². The lowest BCUT2D eigenvalue weighted by atomic mass is 9.87.